The Bertz CT molecular complexity index is 546. The number of nitrogens with two attached hydrogens (primary N) is 1. The van der Waals surface area contributed by atoms with Crippen LogP contribution >= 0.6 is 0 Å². The van der Waals surface area contributed by atoms with Gasteiger partial charge in [0.15, 0.2) is 6.29 Å². The average molecular weight is 309 g/mol. The van der Waals surface area contributed by atoms with E-state index in [9.17, 15) is 9.90 Å². The summed E-state index contributed by atoms with van der Waals surface area (Å²) in [7, 11) is 3.14. The first-order valence-corrected chi connectivity index (χ1v) is 7.22. The third-order valence-corrected chi connectivity index (χ3v) is 4.04. The highest BCUT2D eigenvalue weighted by molar-refractivity contribution is 5.92. The predicted molar refractivity (Wildman–Crippen MR) is 85.4 cm³/mol. The SMILES string of the molecule is COC(CNc1ccc2c(c1N)CC[C@H](C)N2C(=O)O)OC. The van der Waals surface area contributed by atoms with Gasteiger partial charge in [-0.1, -0.05) is 0 Å². The first-order chi connectivity index (χ1) is 10.5. The number of hydrogen-bond donors (Lipinski definition) is 3. The van der Waals surface area contributed by atoms with E-state index in [1.165, 1.54) is 4.90 Å². The van der Waals surface area contributed by atoms with Gasteiger partial charge < -0.3 is 25.6 Å². The van der Waals surface area contributed by atoms with Crippen molar-refractivity contribution in [3.05, 3.63) is 17.7 Å². The molecule has 0 aromatic heterocycles. The monoisotopic (exact) mass is 309 g/mol. The standard InChI is InChI=1S/C15H23N3O4/c1-9-4-5-10-12(18(9)15(19)20)7-6-11(14(10)16)17-8-13(21-2)22-3/h6-7,9,13,17H,4-5,8,16H2,1-3H3,(H,19,20)/t9-/m0/s1. The van der Waals surface area contributed by atoms with Gasteiger partial charge in [-0.3, -0.25) is 4.90 Å². The number of hydrogen-bond acceptors (Lipinski definition) is 5. The number of benzene rings is 1. The van der Waals surface area contributed by atoms with Crippen molar-refractivity contribution in [1.82, 2.24) is 0 Å². The predicted octanol–water partition coefficient (Wildman–Crippen LogP) is 2.12. The summed E-state index contributed by atoms with van der Waals surface area (Å²) < 4.78 is 10.2. The topological polar surface area (TPSA) is 97.1 Å². The summed E-state index contributed by atoms with van der Waals surface area (Å²) in [6.07, 6.45) is 0.198. The van der Waals surface area contributed by atoms with Crippen LogP contribution in [0.1, 0.15) is 18.9 Å². The molecule has 0 radical (unpaired) electrons. The molecule has 0 fully saturated rings. The molecule has 0 spiro atoms. The van der Waals surface area contributed by atoms with Crippen LogP contribution in [0.15, 0.2) is 12.1 Å². The Morgan fingerprint density at radius 3 is 2.77 bits per heavy atom. The van der Waals surface area contributed by atoms with Crippen molar-refractivity contribution >= 4 is 23.2 Å². The van der Waals surface area contributed by atoms with Crippen molar-refractivity contribution in [2.24, 2.45) is 0 Å². The molecule has 122 valence electrons. The minimum absolute atomic E-state index is 0.0467. The van der Waals surface area contributed by atoms with Gasteiger partial charge in [0.25, 0.3) is 0 Å². The minimum Gasteiger partial charge on any atom is -0.465 e. The van der Waals surface area contributed by atoms with E-state index >= 15 is 0 Å². The lowest BCUT2D eigenvalue weighted by molar-refractivity contribution is -0.0913. The Hall–Kier alpha value is -1.99. The fourth-order valence-electron chi connectivity index (χ4n) is 2.76. The number of carboxylic acid groups (broad SMARTS) is 1. The van der Waals surface area contributed by atoms with E-state index < -0.39 is 6.09 Å². The summed E-state index contributed by atoms with van der Waals surface area (Å²) in [4.78, 5) is 12.8. The zero-order valence-corrected chi connectivity index (χ0v) is 13.1. The molecule has 0 aliphatic carbocycles. The number of carbonyl (C=O) groups is 1. The number of rotatable bonds is 5. The van der Waals surface area contributed by atoms with Gasteiger partial charge in [0.1, 0.15) is 0 Å². The number of amides is 1. The van der Waals surface area contributed by atoms with E-state index in [2.05, 4.69) is 5.32 Å². The fourth-order valence-corrected chi connectivity index (χ4v) is 2.76. The van der Waals surface area contributed by atoms with E-state index in [-0.39, 0.29) is 12.3 Å². The van der Waals surface area contributed by atoms with Gasteiger partial charge in [0.05, 0.1) is 23.6 Å². The molecule has 0 saturated carbocycles. The molecule has 22 heavy (non-hydrogen) atoms. The Kier molecular flexibility index (Phi) is 5.10. The maximum absolute atomic E-state index is 11.5. The van der Waals surface area contributed by atoms with Crippen LogP contribution in [-0.2, 0) is 15.9 Å². The molecule has 0 saturated heterocycles. The van der Waals surface area contributed by atoms with Crippen molar-refractivity contribution in [2.75, 3.05) is 36.7 Å². The van der Waals surface area contributed by atoms with Crippen LogP contribution < -0.4 is 16.0 Å². The highest BCUT2D eigenvalue weighted by Gasteiger charge is 2.29. The average Bonchev–Trinajstić information content (AvgIpc) is 2.49. The van der Waals surface area contributed by atoms with Gasteiger partial charge in [-0.05, 0) is 31.9 Å². The number of anilines is 3. The lowest BCUT2D eigenvalue weighted by atomic mass is 9.95. The molecule has 7 heteroatoms. The van der Waals surface area contributed by atoms with Crippen molar-refractivity contribution in [3.63, 3.8) is 0 Å². The normalized spacial score (nSPS) is 17.5. The van der Waals surface area contributed by atoms with Gasteiger partial charge >= 0.3 is 6.09 Å². The minimum atomic E-state index is -0.951. The Morgan fingerprint density at radius 1 is 1.50 bits per heavy atom. The molecule has 1 aromatic rings. The number of ether oxygens (including phenoxy) is 2. The maximum Gasteiger partial charge on any atom is 0.412 e. The molecule has 0 unspecified atom stereocenters. The zero-order chi connectivity index (χ0) is 16.3. The molecule has 2 rings (SSSR count). The lowest BCUT2D eigenvalue weighted by Gasteiger charge is -2.34. The molecule has 1 heterocycles. The molecular weight excluding hydrogens is 286 g/mol. The van der Waals surface area contributed by atoms with Crippen LogP contribution in [0.2, 0.25) is 0 Å². The Morgan fingerprint density at radius 2 is 2.18 bits per heavy atom. The summed E-state index contributed by atoms with van der Waals surface area (Å²) in [6.45, 7) is 2.36. The maximum atomic E-state index is 11.5. The van der Waals surface area contributed by atoms with Crippen LogP contribution in [0.3, 0.4) is 0 Å². The first kappa shape index (κ1) is 16.4. The molecule has 1 aliphatic rings. The molecule has 4 N–H and O–H groups in total. The first-order valence-electron chi connectivity index (χ1n) is 7.22. The number of methoxy groups -OCH3 is 2. The second-order valence-electron chi connectivity index (χ2n) is 5.35. The smallest absolute Gasteiger partial charge is 0.412 e. The third-order valence-electron chi connectivity index (χ3n) is 4.04. The van der Waals surface area contributed by atoms with E-state index in [0.717, 1.165) is 24.1 Å². The lowest BCUT2D eigenvalue weighted by Crippen LogP contribution is -2.41. The van der Waals surface area contributed by atoms with E-state index in [1.807, 2.05) is 6.92 Å². The Labute approximate surface area is 130 Å². The van der Waals surface area contributed by atoms with Crippen molar-refractivity contribution in [3.8, 4) is 0 Å². The molecule has 0 bridgehead atoms. The van der Waals surface area contributed by atoms with Gasteiger partial charge in [0.2, 0.25) is 0 Å². The second kappa shape index (κ2) is 6.85. The van der Waals surface area contributed by atoms with Gasteiger partial charge in [-0.2, -0.15) is 0 Å². The summed E-state index contributed by atoms with van der Waals surface area (Å²) in [6, 6.07) is 3.55. The van der Waals surface area contributed by atoms with E-state index in [4.69, 9.17) is 15.2 Å². The van der Waals surface area contributed by atoms with Crippen molar-refractivity contribution in [2.45, 2.75) is 32.1 Å². The highest BCUT2D eigenvalue weighted by atomic mass is 16.7. The molecule has 1 amide bonds. The molecular formula is C15H23N3O4. The van der Waals surface area contributed by atoms with Crippen LogP contribution in [0.5, 0.6) is 0 Å². The van der Waals surface area contributed by atoms with Crippen LogP contribution in [0.4, 0.5) is 21.9 Å². The summed E-state index contributed by atoms with van der Waals surface area (Å²) >= 11 is 0. The van der Waals surface area contributed by atoms with E-state index in [1.54, 1.807) is 26.4 Å². The molecule has 1 aliphatic heterocycles. The number of nitrogens with one attached hydrogen (secondary N) is 1. The number of nitrogens with zero attached hydrogens (tertiary/aromatic N) is 1. The quantitative estimate of drug-likeness (QED) is 0.569. The molecule has 1 aromatic carbocycles. The van der Waals surface area contributed by atoms with Crippen molar-refractivity contribution < 1.29 is 19.4 Å². The van der Waals surface area contributed by atoms with E-state index in [0.29, 0.717) is 17.9 Å². The summed E-state index contributed by atoms with van der Waals surface area (Å²) in [5, 5.41) is 12.6. The number of fused-ring (bicyclic) bond motifs is 1. The molecule has 7 nitrogen and oxygen atoms in total. The largest absolute Gasteiger partial charge is 0.465 e. The third kappa shape index (κ3) is 3.10. The van der Waals surface area contributed by atoms with Crippen LogP contribution in [0.25, 0.3) is 0 Å². The second-order valence-corrected chi connectivity index (χ2v) is 5.35. The summed E-state index contributed by atoms with van der Waals surface area (Å²) in [5.74, 6) is 0. The zero-order valence-electron chi connectivity index (χ0n) is 13.1. The highest BCUT2D eigenvalue weighted by Crippen LogP contribution is 2.38. The van der Waals surface area contributed by atoms with Crippen molar-refractivity contribution in [1.29, 1.82) is 0 Å². The Balaban J connectivity index is 2.26. The molecule has 1 atom stereocenters. The van der Waals surface area contributed by atoms with Gasteiger partial charge in [-0.25, -0.2) is 4.79 Å². The van der Waals surface area contributed by atoms with Crippen LogP contribution in [-0.4, -0.2) is 44.3 Å². The summed E-state index contributed by atoms with van der Waals surface area (Å²) in [5.41, 5.74) is 9.11. The van der Waals surface area contributed by atoms with Gasteiger partial charge in [0, 0.05) is 25.8 Å². The number of nitrogen functional groups attached to an aromatic ring is 1. The van der Waals surface area contributed by atoms with Gasteiger partial charge in [-0.15, -0.1) is 0 Å². The van der Waals surface area contributed by atoms with Crippen LogP contribution in [0, 0.1) is 0 Å². The fraction of sp³-hybridized carbons (Fsp3) is 0.533.